The first kappa shape index (κ1) is 15.7. The quantitative estimate of drug-likeness (QED) is 0.619. The zero-order chi connectivity index (χ0) is 14.4. The molecule has 0 aliphatic heterocycles. The Bertz CT molecular complexity index is 463. The molecule has 0 atom stereocenters. The molecule has 1 aromatic carbocycles. The molecule has 1 aliphatic carbocycles. The summed E-state index contributed by atoms with van der Waals surface area (Å²) in [5.74, 6) is 0.655. The molecule has 4 nitrogen and oxygen atoms in total. The zero-order valence-electron chi connectivity index (χ0n) is 11.7. The van der Waals surface area contributed by atoms with Gasteiger partial charge in [-0.05, 0) is 42.7 Å². The van der Waals surface area contributed by atoms with Gasteiger partial charge in [0.2, 0.25) is 0 Å². The number of benzene rings is 1. The van der Waals surface area contributed by atoms with Gasteiger partial charge in [0.15, 0.2) is 0 Å². The lowest BCUT2D eigenvalue weighted by Crippen LogP contribution is -2.08. The van der Waals surface area contributed by atoms with Crippen LogP contribution in [0.25, 0.3) is 0 Å². The smallest absolute Gasteiger partial charge is 0.303 e. The highest BCUT2D eigenvalue weighted by molar-refractivity contribution is 7.46. The Morgan fingerprint density at radius 1 is 1.15 bits per heavy atom. The Hall–Kier alpha value is -0.670. The van der Waals surface area contributed by atoms with Gasteiger partial charge in [-0.1, -0.05) is 43.5 Å². The Morgan fingerprint density at radius 2 is 1.85 bits per heavy atom. The van der Waals surface area contributed by atoms with Crippen molar-refractivity contribution in [3.8, 4) is 0 Å². The molecule has 20 heavy (non-hydrogen) atoms. The fraction of sp³-hybridized carbons (Fsp3) is 0.600. The monoisotopic (exact) mass is 298 g/mol. The molecule has 112 valence electrons. The van der Waals surface area contributed by atoms with E-state index in [1.807, 2.05) is 6.07 Å². The molecular formula is C15H23O4P. The van der Waals surface area contributed by atoms with Gasteiger partial charge in [0.05, 0.1) is 6.61 Å². The molecule has 0 aromatic heterocycles. The van der Waals surface area contributed by atoms with Crippen LogP contribution in [-0.2, 0) is 15.5 Å². The van der Waals surface area contributed by atoms with Crippen LogP contribution < -0.4 is 0 Å². The Balaban J connectivity index is 1.92. The number of phosphoric acid groups is 1. The van der Waals surface area contributed by atoms with Gasteiger partial charge < -0.3 is 9.79 Å². The van der Waals surface area contributed by atoms with Crippen molar-refractivity contribution in [2.45, 2.75) is 50.9 Å². The number of phosphoric ester groups is 1. The van der Waals surface area contributed by atoms with Crippen molar-refractivity contribution in [2.24, 2.45) is 0 Å². The van der Waals surface area contributed by atoms with Crippen molar-refractivity contribution in [3.63, 3.8) is 0 Å². The number of hydrogen-bond acceptors (Lipinski definition) is 2. The molecule has 0 amide bonds. The standard InChI is InChI=1S/C15H23O4P/c16-20(17,18)19-12-6-10-14-9-4-5-11-15(14)13-7-2-1-3-8-13/h4-5,9,11,13H,1-3,6-8,10,12H2,(H2,16,17,18). The molecule has 0 heterocycles. The third-order valence-electron chi connectivity index (χ3n) is 3.95. The molecule has 0 unspecified atom stereocenters. The van der Waals surface area contributed by atoms with Crippen LogP contribution in [-0.4, -0.2) is 16.4 Å². The van der Waals surface area contributed by atoms with E-state index in [1.165, 1.54) is 43.2 Å². The van der Waals surface area contributed by atoms with E-state index in [0.717, 1.165) is 6.42 Å². The summed E-state index contributed by atoms with van der Waals surface area (Å²) < 4.78 is 15.1. The highest BCUT2D eigenvalue weighted by Gasteiger charge is 2.18. The van der Waals surface area contributed by atoms with Gasteiger partial charge >= 0.3 is 7.82 Å². The zero-order valence-corrected chi connectivity index (χ0v) is 12.6. The Labute approximate surface area is 120 Å². The van der Waals surface area contributed by atoms with E-state index in [2.05, 4.69) is 22.7 Å². The van der Waals surface area contributed by atoms with Crippen LogP contribution in [0, 0.1) is 0 Å². The van der Waals surface area contributed by atoms with Crippen molar-refractivity contribution in [3.05, 3.63) is 35.4 Å². The normalized spacial score (nSPS) is 17.3. The first-order chi connectivity index (χ1) is 9.56. The number of hydrogen-bond donors (Lipinski definition) is 2. The van der Waals surface area contributed by atoms with E-state index in [1.54, 1.807) is 0 Å². The average molecular weight is 298 g/mol. The number of rotatable bonds is 6. The lowest BCUT2D eigenvalue weighted by atomic mass is 9.81. The molecule has 5 heteroatoms. The summed E-state index contributed by atoms with van der Waals surface area (Å²) >= 11 is 0. The molecule has 1 aromatic rings. The van der Waals surface area contributed by atoms with Crippen LogP contribution >= 0.6 is 7.82 Å². The first-order valence-corrected chi connectivity index (χ1v) is 8.87. The second kappa shape index (κ2) is 7.37. The SMILES string of the molecule is O=P(O)(O)OCCCc1ccccc1C1CCCCC1. The van der Waals surface area contributed by atoms with Gasteiger partial charge in [0, 0.05) is 0 Å². The van der Waals surface area contributed by atoms with Crippen molar-refractivity contribution in [1.29, 1.82) is 0 Å². The lowest BCUT2D eigenvalue weighted by Gasteiger charge is -2.24. The van der Waals surface area contributed by atoms with Crippen LogP contribution in [0.3, 0.4) is 0 Å². The molecule has 0 bridgehead atoms. The molecule has 0 radical (unpaired) electrons. The Kier molecular flexibility index (Phi) is 5.79. The minimum absolute atomic E-state index is 0.100. The fourth-order valence-electron chi connectivity index (χ4n) is 3.02. The van der Waals surface area contributed by atoms with E-state index in [0.29, 0.717) is 12.3 Å². The van der Waals surface area contributed by atoms with E-state index >= 15 is 0 Å². The van der Waals surface area contributed by atoms with Gasteiger partial charge in [0.1, 0.15) is 0 Å². The molecule has 2 rings (SSSR count). The average Bonchev–Trinajstić information content (AvgIpc) is 2.44. The summed E-state index contributed by atoms with van der Waals surface area (Å²) in [6, 6.07) is 8.45. The van der Waals surface area contributed by atoms with Crippen LogP contribution in [0.5, 0.6) is 0 Å². The molecule has 1 aliphatic rings. The molecular weight excluding hydrogens is 275 g/mol. The van der Waals surface area contributed by atoms with Gasteiger partial charge in [-0.25, -0.2) is 4.57 Å². The van der Waals surface area contributed by atoms with Crippen LogP contribution in [0.4, 0.5) is 0 Å². The van der Waals surface area contributed by atoms with E-state index in [4.69, 9.17) is 9.79 Å². The minimum atomic E-state index is -4.33. The summed E-state index contributed by atoms with van der Waals surface area (Å²) in [5.41, 5.74) is 2.72. The largest absolute Gasteiger partial charge is 0.469 e. The van der Waals surface area contributed by atoms with Crippen LogP contribution in [0.1, 0.15) is 55.6 Å². The Morgan fingerprint density at radius 3 is 2.55 bits per heavy atom. The van der Waals surface area contributed by atoms with Crippen LogP contribution in [0.15, 0.2) is 24.3 Å². The summed E-state index contributed by atoms with van der Waals surface area (Å²) in [7, 11) is -4.33. The second-order valence-corrected chi connectivity index (χ2v) is 6.70. The van der Waals surface area contributed by atoms with Crippen LogP contribution in [0.2, 0.25) is 0 Å². The highest BCUT2D eigenvalue weighted by atomic mass is 31.2. The fourth-order valence-corrected chi connectivity index (χ4v) is 3.39. The van der Waals surface area contributed by atoms with Crippen molar-refractivity contribution in [2.75, 3.05) is 6.61 Å². The molecule has 0 saturated heterocycles. The minimum Gasteiger partial charge on any atom is -0.303 e. The van der Waals surface area contributed by atoms with Gasteiger partial charge in [-0.2, -0.15) is 0 Å². The van der Waals surface area contributed by atoms with E-state index in [9.17, 15) is 4.57 Å². The summed E-state index contributed by atoms with van der Waals surface area (Å²) in [6.45, 7) is 0.100. The highest BCUT2D eigenvalue weighted by Crippen LogP contribution is 2.37. The second-order valence-electron chi connectivity index (χ2n) is 5.46. The topological polar surface area (TPSA) is 66.8 Å². The maximum atomic E-state index is 10.6. The van der Waals surface area contributed by atoms with Crippen molar-refractivity contribution in [1.82, 2.24) is 0 Å². The lowest BCUT2D eigenvalue weighted by molar-refractivity contribution is 0.195. The predicted molar refractivity (Wildman–Crippen MR) is 78.6 cm³/mol. The van der Waals surface area contributed by atoms with Gasteiger partial charge in [-0.15, -0.1) is 0 Å². The maximum Gasteiger partial charge on any atom is 0.469 e. The predicted octanol–water partition coefficient (Wildman–Crippen LogP) is 3.78. The van der Waals surface area contributed by atoms with E-state index in [-0.39, 0.29) is 6.61 Å². The third kappa shape index (κ3) is 5.02. The van der Waals surface area contributed by atoms with Crippen molar-refractivity contribution >= 4 is 7.82 Å². The molecule has 1 fully saturated rings. The summed E-state index contributed by atoms with van der Waals surface area (Å²) in [6.07, 6.45) is 7.92. The van der Waals surface area contributed by atoms with Gasteiger partial charge in [-0.3, -0.25) is 4.52 Å². The number of aryl methyl sites for hydroxylation is 1. The van der Waals surface area contributed by atoms with E-state index < -0.39 is 7.82 Å². The summed E-state index contributed by atoms with van der Waals surface area (Å²) in [4.78, 5) is 17.3. The summed E-state index contributed by atoms with van der Waals surface area (Å²) in [5, 5.41) is 0. The van der Waals surface area contributed by atoms with Crippen molar-refractivity contribution < 1.29 is 18.9 Å². The first-order valence-electron chi connectivity index (χ1n) is 7.34. The van der Waals surface area contributed by atoms with Gasteiger partial charge in [0.25, 0.3) is 0 Å². The molecule has 2 N–H and O–H groups in total. The third-order valence-corrected chi connectivity index (χ3v) is 4.47. The molecule has 1 saturated carbocycles. The maximum absolute atomic E-state index is 10.6. The molecule has 0 spiro atoms.